The van der Waals surface area contributed by atoms with E-state index in [0.717, 1.165) is 27.6 Å². The fourth-order valence-electron chi connectivity index (χ4n) is 4.04. The molecule has 0 amide bonds. The molecule has 0 aliphatic heterocycles. The molecule has 0 saturated carbocycles. The Labute approximate surface area is 219 Å². The van der Waals surface area contributed by atoms with Crippen LogP contribution in [0.4, 0.5) is 13.2 Å². The lowest BCUT2D eigenvalue weighted by Gasteiger charge is -2.11. The van der Waals surface area contributed by atoms with Crippen molar-refractivity contribution in [1.29, 1.82) is 0 Å². The molecule has 0 fully saturated rings. The van der Waals surface area contributed by atoms with Gasteiger partial charge in [0.25, 0.3) is 0 Å². The Bertz CT molecular complexity index is 1810. The third-order valence-corrected chi connectivity index (χ3v) is 7.33. The molecule has 5 aromatic rings. The summed E-state index contributed by atoms with van der Waals surface area (Å²) < 4.78 is 64.8. The van der Waals surface area contributed by atoms with E-state index >= 15 is 0 Å². The number of hydrogen-bond acceptors (Lipinski definition) is 5. The van der Waals surface area contributed by atoms with Crippen LogP contribution in [0.3, 0.4) is 0 Å². The van der Waals surface area contributed by atoms with Gasteiger partial charge in [0, 0.05) is 22.4 Å². The van der Waals surface area contributed by atoms with Gasteiger partial charge in [-0.15, -0.1) is 5.10 Å². The lowest BCUT2D eigenvalue weighted by molar-refractivity contribution is -0.137. The Morgan fingerprint density at radius 3 is 2.08 bits per heavy atom. The van der Waals surface area contributed by atoms with E-state index in [9.17, 15) is 26.4 Å². The first kappa shape index (κ1) is 25.7. The van der Waals surface area contributed by atoms with Gasteiger partial charge in [0.2, 0.25) is 0 Å². The van der Waals surface area contributed by atoms with E-state index in [1.54, 1.807) is 36.4 Å². The van der Waals surface area contributed by atoms with Gasteiger partial charge < -0.3 is 0 Å². The molecule has 0 aliphatic carbocycles. The van der Waals surface area contributed by atoms with Crippen LogP contribution in [0.5, 0.6) is 0 Å². The molecule has 3 aromatic carbocycles. The largest absolute Gasteiger partial charge is 0.416 e. The van der Waals surface area contributed by atoms with Gasteiger partial charge in [0.1, 0.15) is 0 Å². The van der Waals surface area contributed by atoms with Gasteiger partial charge in [0.15, 0.2) is 15.5 Å². The van der Waals surface area contributed by atoms with Crippen LogP contribution in [-0.4, -0.2) is 34.1 Å². The van der Waals surface area contributed by atoms with E-state index in [1.165, 1.54) is 30.5 Å². The van der Waals surface area contributed by atoms with Gasteiger partial charge in [-0.05, 0) is 53.1 Å². The number of halogens is 4. The van der Waals surface area contributed by atoms with Gasteiger partial charge in [-0.2, -0.15) is 22.8 Å². The molecule has 2 heterocycles. The molecule has 0 radical (unpaired) electrons. The van der Waals surface area contributed by atoms with Crippen molar-refractivity contribution in [2.45, 2.75) is 17.6 Å². The molecule has 38 heavy (non-hydrogen) atoms. The summed E-state index contributed by atoms with van der Waals surface area (Å²) in [5, 5.41) is 9.25. The van der Waals surface area contributed by atoms with Crippen molar-refractivity contribution in [3.63, 3.8) is 0 Å². The van der Waals surface area contributed by atoms with E-state index in [1.807, 2.05) is 0 Å². The number of hydrogen-bond donors (Lipinski definition) is 0. The van der Waals surface area contributed by atoms with Crippen LogP contribution in [0.2, 0.25) is 5.02 Å². The minimum atomic E-state index is -4.47. The van der Waals surface area contributed by atoms with Gasteiger partial charge in [0.05, 0.1) is 23.2 Å². The van der Waals surface area contributed by atoms with Crippen molar-refractivity contribution in [3.8, 4) is 22.3 Å². The van der Waals surface area contributed by atoms with E-state index in [-0.39, 0.29) is 17.1 Å². The van der Waals surface area contributed by atoms with Crippen molar-refractivity contribution in [1.82, 2.24) is 19.4 Å². The molecule has 0 spiro atoms. The molecule has 12 heteroatoms. The normalized spacial score (nSPS) is 12.2. The topological polar surface area (TPSA) is 86.3 Å². The van der Waals surface area contributed by atoms with Crippen molar-refractivity contribution >= 4 is 27.1 Å². The maximum absolute atomic E-state index is 13.1. The molecule has 194 valence electrons. The third-order valence-electron chi connectivity index (χ3n) is 5.95. The summed E-state index contributed by atoms with van der Waals surface area (Å²) >= 11 is 6.08. The van der Waals surface area contributed by atoms with Crippen LogP contribution in [-0.2, 0) is 22.6 Å². The fraction of sp³-hybridized carbons (Fsp3) is 0.115. The Morgan fingerprint density at radius 1 is 0.895 bits per heavy atom. The number of alkyl halides is 3. The minimum Gasteiger partial charge on any atom is -0.244 e. The Morgan fingerprint density at radius 2 is 1.50 bits per heavy atom. The highest BCUT2D eigenvalue weighted by Crippen LogP contribution is 2.35. The highest BCUT2D eigenvalue weighted by Gasteiger charge is 2.30. The average molecular weight is 559 g/mol. The fourth-order valence-corrected chi connectivity index (χ4v) is 4.79. The summed E-state index contributed by atoms with van der Waals surface area (Å²) in [5.74, 6) is 0. The highest BCUT2D eigenvalue weighted by molar-refractivity contribution is 7.90. The van der Waals surface area contributed by atoms with Crippen LogP contribution in [0, 0.1) is 0 Å². The van der Waals surface area contributed by atoms with Crippen molar-refractivity contribution in [3.05, 3.63) is 106 Å². The van der Waals surface area contributed by atoms with Crippen LogP contribution in [0.1, 0.15) is 11.1 Å². The Hall–Kier alpha value is -3.96. The Balaban J connectivity index is 1.65. The summed E-state index contributed by atoms with van der Waals surface area (Å²) in [6, 6.07) is 17.6. The summed E-state index contributed by atoms with van der Waals surface area (Å²) in [4.78, 5) is 13.3. The summed E-state index contributed by atoms with van der Waals surface area (Å²) in [6.45, 7) is -0.0707. The minimum absolute atomic E-state index is 0.0707. The maximum Gasteiger partial charge on any atom is 0.416 e. The third kappa shape index (κ3) is 4.94. The number of fused-ring (bicyclic) bond motifs is 1. The number of rotatable bonds is 5. The number of benzene rings is 3. The molecule has 7 nitrogen and oxygen atoms in total. The standard InChI is InChI=1S/C26H18ClF3N4O3S/c1-38(36,37)21-12-6-17(7-13-21)22-14-31-34-24(23(22)18-4-10-20(27)11-5-18)32-33(25(34)35)15-16-2-8-19(9-3-16)26(28,29)30/h2-14H,15H2,1H3. The van der Waals surface area contributed by atoms with Crippen LogP contribution in [0.15, 0.2) is 88.7 Å². The Kier molecular flexibility index (Phi) is 6.36. The van der Waals surface area contributed by atoms with Gasteiger partial charge in [-0.25, -0.2) is 17.9 Å². The van der Waals surface area contributed by atoms with Crippen molar-refractivity contribution in [2.24, 2.45) is 0 Å². The molecular formula is C26H18ClF3N4O3S. The molecule has 0 aliphatic rings. The van der Waals surface area contributed by atoms with Gasteiger partial charge in [-0.3, -0.25) is 0 Å². The number of aromatic nitrogens is 4. The van der Waals surface area contributed by atoms with E-state index in [2.05, 4.69) is 10.2 Å². The molecule has 0 N–H and O–H groups in total. The predicted molar refractivity (Wildman–Crippen MR) is 137 cm³/mol. The van der Waals surface area contributed by atoms with Crippen LogP contribution < -0.4 is 5.69 Å². The smallest absolute Gasteiger partial charge is 0.244 e. The van der Waals surface area contributed by atoms with Gasteiger partial charge in [-0.1, -0.05) is 48.0 Å². The van der Waals surface area contributed by atoms with Crippen LogP contribution in [0.25, 0.3) is 27.9 Å². The molecule has 2 aromatic heterocycles. The quantitative estimate of drug-likeness (QED) is 0.290. The lowest BCUT2D eigenvalue weighted by Crippen LogP contribution is -2.23. The SMILES string of the molecule is CS(=O)(=O)c1ccc(-c2cnn3c(=O)n(Cc4ccc(C(F)(F)F)cc4)nc3c2-c2ccc(Cl)cc2)cc1. The van der Waals surface area contributed by atoms with Crippen molar-refractivity contribution < 1.29 is 21.6 Å². The monoisotopic (exact) mass is 558 g/mol. The molecule has 5 rings (SSSR count). The lowest BCUT2D eigenvalue weighted by atomic mass is 9.97. The first-order chi connectivity index (χ1) is 17.9. The second-order valence-electron chi connectivity index (χ2n) is 8.61. The van der Waals surface area contributed by atoms with Crippen LogP contribution >= 0.6 is 11.6 Å². The van der Waals surface area contributed by atoms with Gasteiger partial charge >= 0.3 is 11.9 Å². The first-order valence-corrected chi connectivity index (χ1v) is 13.4. The second-order valence-corrected chi connectivity index (χ2v) is 11.1. The highest BCUT2D eigenvalue weighted by atomic mass is 35.5. The zero-order valence-corrected chi connectivity index (χ0v) is 21.2. The maximum atomic E-state index is 13.1. The zero-order valence-electron chi connectivity index (χ0n) is 19.6. The number of nitrogens with zero attached hydrogens (tertiary/aromatic N) is 4. The zero-order chi connectivity index (χ0) is 27.2. The summed E-state index contributed by atoms with van der Waals surface area (Å²) in [6.07, 6.45) is -1.87. The average Bonchev–Trinajstić information content (AvgIpc) is 3.18. The first-order valence-electron chi connectivity index (χ1n) is 11.1. The number of sulfone groups is 1. The molecule has 0 bridgehead atoms. The van der Waals surface area contributed by atoms with Crippen molar-refractivity contribution in [2.75, 3.05) is 6.26 Å². The van der Waals surface area contributed by atoms with E-state index in [0.29, 0.717) is 32.8 Å². The summed E-state index contributed by atoms with van der Waals surface area (Å²) in [5.41, 5.74) is 1.76. The molecule has 0 atom stereocenters. The second kappa shape index (κ2) is 9.41. The predicted octanol–water partition coefficient (Wildman–Crippen LogP) is 5.35. The van der Waals surface area contributed by atoms with E-state index in [4.69, 9.17) is 11.6 Å². The van der Waals surface area contributed by atoms with E-state index < -0.39 is 27.3 Å². The molecule has 0 saturated heterocycles. The molecule has 0 unspecified atom stereocenters. The molecular weight excluding hydrogens is 541 g/mol. The summed E-state index contributed by atoms with van der Waals surface area (Å²) in [7, 11) is -3.40.